The van der Waals surface area contributed by atoms with Crippen LogP contribution in [0.2, 0.25) is 5.15 Å². The minimum absolute atomic E-state index is 0.288. The zero-order valence-electron chi connectivity index (χ0n) is 12.2. The smallest absolute Gasteiger partial charge is 0.334 e. The molecule has 1 aliphatic heterocycles. The quantitative estimate of drug-likeness (QED) is 0.529. The van der Waals surface area contributed by atoms with Gasteiger partial charge in [0.05, 0.1) is 5.69 Å². The van der Waals surface area contributed by atoms with Crippen molar-refractivity contribution in [1.29, 1.82) is 0 Å². The summed E-state index contributed by atoms with van der Waals surface area (Å²) in [5.74, 6) is -0.134. The molecule has 23 heavy (non-hydrogen) atoms. The van der Waals surface area contributed by atoms with E-state index in [2.05, 4.69) is 10.3 Å². The molecule has 1 atom stereocenters. The molecule has 1 aromatic carbocycles. The van der Waals surface area contributed by atoms with E-state index in [1.54, 1.807) is 30.5 Å². The number of hydrogen-bond acceptors (Lipinski definition) is 6. The summed E-state index contributed by atoms with van der Waals surface area (Å²) in [6.07, 6.45) is 2.00. The largest absolute Gasteiger partial charge is 0.427 e. The van der Waals surface area contributed by atoms with Gasteiger partial charge >= 0.3 is 11.9 Å². The summed E-state index contributed by atoms with van der Waals surface area (Å²) in [6.45, 7) is 1.31. The van der Waals surface area contributed by atoms with E-state index in [1.165, 1.54) is 13.0 Å². The third kappa shape index (κ3) is 3.43. The molecule has 0 radical (unpaired) electrons. The minimum atomic E-state index is -0.566. The number of fused-ring (bicyclic) bond motifs is 1. The predicted molar refractivity (Wildman–Crippen MR) is 83.7 cm³/mol. The highest BCUT2D eigenvalue weighted by Gasteiger charge is 2.29. The first-order chi connectivity index (χ1) is 11.0. The Labute approximate surface area is 137 Å². The molecule has 0 amide bonds. The molecule has 2 aromatic rings. The summed E-state index contributed by atoms with van der Waals surface area (Å²) < 4.78 is 10.3. The third-order valence-electron chi connectivity index (χ3n) is 3.31. The molecule has 3 rings (SSSR count). The van der Waals surface area contributed by atoms with E-state index in [0.29, 0.717) is 23.6 Å². The zero-order chi connectivity index (χ0) is 16.4. The molecule has 0 bridgehead atoms. The number of nitrogens with zero attached hydrogens (tertiary/aromatic N) is 1. The Balaban J connectivity index is 1.80. The summed E-state index contributed by atoms with van der Waals surface area (Å²) in [7, 11) is 0. The van der Waals surface area contributed by atoms with Crippen molar-refractivity contribution in [2.75, 3.05) is 5.32 Å². The maximum Gasteiger partial charge on any atom is 0.334 e. The number of carbonyl (C=O) groups is 2. The van der Waals surface area contributed by atoms with Crippen molar-refractivity contribution in [1.82, 2.24) is 4.98 Å². The van der Waals surface area contributed by atoms with Gasteiger partial charge in [0.15, 0.2) is 5.15 Å². The predicted octanol–water partition coefficient (Wildman–Crippen LogP) is 2.60. The van der Waals surface area contributed by atoms with Crippen molar-refractivity contribution in [3.8, 4) is 11.5 Å². The van der Waals surface area contributed by atoms with Crippen LogP contribution in [0, 0.1) is 0 Å². The average molecular weight is 333 g/mol. The molecule has 0 saturated heterocycles. The van der Waals surface area contributed by atoms with Crippen molar-refractivity contribution >= 4 is 29.2 Å². The highest BCUT2D eigenvalue weighted by atomic mass is 35.5. The van der Waals surface area contributed by atoms with Crippen molar-refractivity contribution in [3.63, 3.8) is 0 Å². The lowest BCUT2D eigenvalue weighted by atomic mass is 10.0. The first-order valence-corrected chi connectivity index (χ1v) is 7.31. The van der Waals surface area contributed by atoms with Gasteiger partial charge in [-0.05, 0) is 23.8 Å². The number of rotatable bonds is 3. The minimum Gasteiger partial charge on any atom is -0.427 e. The van der Waals surface area contributed by atoms with Crippen LogP contribution >= 0.6 is 11.6 Å². The summed E-state index contributed by atoms with van der Waals surface area (Å²) in [5, 5.41) is 3.32. The molecule has 0 aliphatic carbocycles. The van der Waals surface area contributed by atoms with Gasteiger partial charge in [0.2, 0.25) is 0 Å². The highest BCUT2D eigenvalue weighted by molar-refractivity contribution is 6.32. The molecular formula is C16H13ClN2O4. The van der Waals surface area contributed by atoms with Crippen LogP contribution in [-0.2, 0) is 16.0 Å². The van der Waals surface area contributed by atoms with Crippen LogP contribution in [0.5, 0.6) is 11.5 Å². The Morgan fingerprint density at radius 3 is 3.00 bits per heavy atom. The highest BCUT2D eigenvalue weighted by Crippen LogP contribution is 2.31. The van der Waals surface area contributed by atoms with Gasteiger partial charge in [0, 0.05) is 25.6 Å². The van der Waals surface area contributed by atoms with Gasteiger partial charge in [-0.2, -0.15) is 0 Å². The van der Waals surface area contributed by atoms with E-state index >= 15 is 0 Å². The summed E-state index contributed by atoms with van der Waals surface area (Å²) in [5.41, 5.74) is 1.40. The summed E-state index contributed by atoms with van der Waals surface area (Å²) in [6, 6.07) is 7.85. The van der Waals surface area contributed by atoms with Gasteiger partial charge in [-0.15, -0.1) is 0 Å². The number of pyridine rings is 1. The number of hydrogen-bond donors (Lipinski definition) is 1. The second kappa shape index (κ2) is 6.26. The van der Waals surface area contributed by atoms with E-state index in [0.717, 1.165) is 5.56 Å². The third-order valence-corrected chi connectivity index (χ3v) is 3.61. The van der Waals surface area contributed by atoms with E-state index in [1.807, 2.05) is 0 Å². The van der Waals surface area contributed by atoms with Gasteiger partial charge in [0.1, 0.15) is 17.5 Å². The summed E-state index contributed by atoms with van der Waals surface area (Å²) in [4.78, 5) is 27.1. The van der Waals surface area contributed by atoms with Crippen molar-refractivity contribution in [2.45, 2.75) is 19.4 Å². The van der Waals surface area contributed by atoms with Crippen LogP contribution in [0.25, 0.3) is 0 Å². The molecule has 1 aliphatic rings. The Morgan fingerprint density at radius 1 is 1.43 bits per heavy atom. The lowest BCUT2D eigenvalue weighted by Crippen LogP contribution is -2.38. The van der Waals surface area contributed by atoms with Gasteiger partial charge in [-0.25, -0.2) is 9.78 Å². The van der Waals surface area contributed by atoms with Gasteiger partial charge in [0.25, 0.3) is 0 Å². The zero-order valence-corrected chi connectivity index (χ0v) is 13.0. The van der Waals surface area contributed by atoms with Gasteiger partial charge in [-0.3, -0.25) is 4.79 Å². The molecule has 0 saturated carbocycles. The number of aromatic nitrogens is 1. The SMILES string of the molecule is CC(=O)Oc1ccc2c(c1)OC(=O)C(Nc1cccnc1Cl)C2. The molecule has 1 aromatic heterocycles. The molecule has 2 heterocycles. The summed E-state index contributed by atoms with van der Waals surface area (Å²) >= 11 is 5.99. The second-order valence-corrected chi connectivity index (χ2v) is 5.39. The van der Waals surface area contributed by atoms with E-state index < -0.39 is 18.0 Å². The maximum atomic E-state index is 12.2. The number of nitrogens with one attached hydrogen (secondary N) is 1. The maximum absolute atomic E-state index is 12.2. The Morgan fingerprint density at radius 2 is 2.26 bits per heavy atom. The Hall–Kier alpha value is -2.60. The topological polar surface area (TPSA) is 77.5 Å². The van der Waals surface area contributed by atoms with Crippen LogP contribution in [0.3, 0.4) is 0 Å². The number of ether oxygens (including phenoxy) is 2. The van der Waals surface area contributed by atoms with Gasteiger partial charge < -0.3 is 14.8 Å². The van der Waals surface area contributed by atoms with Crippen molar-refractivity contribution < 1.29 is 19.1 Å². The second-order valence-electron chi connectivity index (χ2n) is 5.03. The number of esters is 2. The van der Waals surface area contributed by atoms with E-state index in [9.17, 15) is 9.59 Å². The van der Waals surface area contributed by atoms with Crippen molar-refractivity contribution in [2.24, 2.45) is 0 Å². The molecule has 118 valence electrons. The molecule has 7 heteroatoms. The molecule has 0 fully saturated rings. The fourth-order valence-corrected chi connectivity index (χ4v) is 2.48. The molecule has 1 N–H and O–H groups in total. The first kappa shape index (κ1) is 15.3. The molecule has 6 nitrogen and oxygen atoms in total. The Bertz CT molecular complexity index is 778. The standard InChI is InChI=1S/C16H13ClN2O4/c1-9(20)22-11-5-4-10-7-13(16(21)23-14(10)8-11)19-12-3-2-6-18-15(12)17/h2-6,8,13,19H,7H2,1H3. The average Bonchev–Trinajstić information content (AvgIpc) is 2.50. The van der Waals surface area contributed by atoms with Crippen LogP contribution in [0.1, 0.15) is 12.5 Å². The number of halogens is 1. The number of carbonyl (C=O) groups excluding carboxylic acids is 2. The van der Waals surface area contributed by atoms with E-state index in [-0.39, 0.29) is 5.15 Å². The van der Waals surface area contributed by atoms with Crippen LogP contribution in [0.4, 0.5) is 5.69 Å². The lowest BCUT2D eigenvalue weighted by Gasteiger charge is -2.25. The number of benzene rings is 1. The van der Waals surface area contributed by atoms with Crippen molar-refractivity contribution in [3.05, 3.63) is 47.2 Å². The molecular weight excluding hydrogens is 320 g/mol. The fraction of sp³-hybridized carbons (Fsp3) is 0.188. The first-order valence-electron chi connectivity index (χ1n) is 6.93. The van der Waals surface area contributed by atoms with Crippen LogP contribution in [0.15, 0.2) is 36.5 Å². The normalized spacial score (nSPS) is 16.3. The monoisotopic (exact) mass is 332 g/mol. The lowest BCUT2D eigenvalue weighted by molar-refractivity contribution is -0.136. The fourth-order valence-electron chi connectivity index (χ4n) is 2.30. The van der Waals surface area contributed by atoms with E-state index in [4.69, 9.17) is 21.1 Å². The molecule has 1 unspecified atom stereocenters. The molecule has 0 spiro atoms. The van der Waals surface area contributed by atoms with Gasteiger partial charge in [-0.1, -0.05) is 17.7 Å². The number of anilines is 1. The Kier molecular flexibility index (Phi) is 4.16. The van der Waals surface area contributed by atoms with Crippen LogP contribution in [-0.4, -0.2) is 23.0 Å². The van der Waals surface area contributed by atoms with Crippen LogP contribution < -0.4 is 14.8 Å².